The van der Waals surface area contributed by atoms with Crippen LogP contribution in [-0.4, -0.2) is 34.3 Å². The first-order valence-electron chi connectivity index (χ1n) is 8.16. The summed E-state index contributed by atoms with van der Waals surface area (Å²) in [7, 11) is 0. The SMILES string of the molecule is CC1C(=O)N(c2ncc(Cl)cc2F)CC(=O)N1Cc1ccc(C(F)(F)F)cc1. The number of alkyl halides is 3. The number of pyridine rings is 1. The van der Waals surface area contributed by atoms with Crippen LogP contribution < -0.4 is 4.90 Å². The second-order valence-electron chi connectivity index (χ2n) is 6.28. The van der Waals surface area contributed by atoms with Crippen molar-refractivity contribution in [3.05, 3.63) is 58.5 Å². The van der Waals surface area contributed by atoms with Gasteiger partial charge in [-0.05, 0) is 30.7 Å². The van der Waals surface area contributed by atoms with Crippen molar-refractivity contribution in [1.29, 1.82) is 0 Å². The summed E-state index contributed by atoms with van der Waals surface area (Å²) >= 11 is 5.65. The summed E-state index contributed by atoms with van der Waals surface area (Å²) in [5, 5.41) is 0.0500. The molecule has 0 aliphatic carbocycles. The van der Waals surface area contributed by atoms with E-state index >= 15 is 0 Å². The normalized spacial score (nSPS) is 18.0. The summed E-state index contributed by atoms with van der Waals surface area (Å²) in [4.78, 5) is 31.1. The van der Waals surface area contributed by atoms with E-state index in [1.54, 1.807) is 0 Å². The summed E-state index contributed by atoms with van der Waals surface area (Å²) < 4.78 is 52.1. The van der Waals surface area contributed by atoms with Crippen molar-refractivity contribution in [3.8, 4) is 0 Å². The highest BCUT2D eigenvalue weighted by molar-refractivity contribution is 6.30. The zero-order valence-electron chi connectivity index (χ0n) is 14.5. The smallest absolute Gasteiger partial charge is 0.325 e. The maximum Gasteiger partial charge on any atom is 0.416 e. The topological polar surface area (TPSA) is 53.5 Å². The lowest BCUT2D eigenvalue weighted by Crippen LogP contribution is -2.59. The van der Waals surface area contributed by atoms with Gasteiger partial charge in [0.15, 0.2) is 11.6 Å². The highest BCUT2D eigenvalue weighted by Crippen LogP contribution is 2.30. The van der Waals surface area contributed by atoms with E-state index in [2.05, 4.69) is 4.98 Å². The molecule has 1 aromatic heterocycles. The molecule has 10 heteroatoms. The minimum absolute atomic E-state index is 0.0474. The largest absolute Gasteiger partial charge is 0.416 e. The Labute approximate surface area is 162 Å². The Balaban J connectivity index is 1.79. The number of hydrogen-bond donors (Lipinski definition) is 0. The molecule has 28 heavy (non-hydrogen) atoms. The molecule has 2 amide bonds. The quantitative estimate of drug-likeness (QED) is 0.719. The number of carbonyl (C=O) groups is 2. The van der Waals surface area contributed by atoms with E-state index in [-0.39, 0.29) is 17.4 Å². The Hall–Kier alpha value is -2.68. The number of nitrogens with zero attached hydrogens (tertiary/aromatic N) is 3. The number of hydrogen-bond acceptors (Lipinski definition) is 3. The van der Waals surface area contributed by atoms with Gasteiger partial charge in [-0.3, -0.25) is 14.5 Å². The molecular formula is C18H14ClF4N3O2. The molecule has 2 heterocycles. The van der Waals surface area contributed by atoms with Gasteiger partial charge in [0, 0.05) is 12.7 Å². The van der Waals surface area contributed by atoms with Gasteiger partial charge >= 0.3 is 6.18 Å². The van der Waals surface area contributed by atoms with Crippen LogP contribution in [-0.2, 0) is 22.3 Å². The number of anilines is 1. The summed E-state index contributed by atoms with van der Waals surface area (Å²) in [5.74, 6) is -2.18. The highest BCUT2D eigenvalue weighted by atomic mass is 35.5. The molecule has 1 unspecified atom stereocenters. The molecule has 1 aliphatic rings. The standard InChI is InChI=1S/C18H14ClF4N3O2/c1-10-17(28)26(16-14(20)6-13(19)7-24-16)9-15(27)25(10)8-11-2-4-12(5-3-11)18(21,22)23/h2-7,10H,8-9H2,1H3. The molecule has 0 bridgehead atoms. The lowest BCUT2D eigenvalue weighted by Gasteiger charge is -2.38. The molecule has 0 N–H and O–H groups in total. The monoisotopic (exact) mass is 415 g/mol. The first kappa shape index (κ1) is 20.1. The molecule has 1 fully saturated rings. The van der Waals surface area contributed by atoms with E-state index < -0.39 is 42.0 Å². The molecular weight excluding hydrogens is 402 g/mol. The lowest BCUT2D eigenvalue weighted by atomic mass is 10.1. The van der Waals surface area contributed by atoms with Crippen molar-refractivity contribution < 1.29 is 27.2 Å². The Morgan fingerprint density at radius 3 is 2.43 bits per heavy atom. The molecule has 0 radical (unpaired) electrons. The second-order valence-corrected chi connectivity index (χ2v) is 6.71. The summed E-state index contributed by atoms with van der Waals surface area (Å²) in [6.07, 6.45) is -3.30. The van der Waals surface area contributed by atoms with Gasteiger partial charge in [-0.1, -0.05) is 23.7 Å². The number of amides is 2. The maximum atomic E-state index is 14.1. The van der Waals surface area contributed by atoms with Gasteiger partial charge in [0.1, 0.15) is 12.6 Å². The van der Waals surface area contributed by atoms with E-state index in [1.807, 2.05) is 0 Å². The van der Waals surface area contributed by atoms with Gasteiger partial charge < -0.3 is 4.90 Å². The fraction of sp³-hybridized carbons (Fsp3) is 0.278. The number of rotatable bonds is 3. The van der Waals surface area contributed by atoms with Crippen molar-refractivity contribution in [2.24, 2.45) is 0 Å². The zero-order valence-corrected chi connectivity index (χ0v) is 15.3. The first-order chi connectivity index (χ1) is 13.1. The third-order valence-electron chi connectivity index (χ3n) is 4.38. The third-order valence-corrected chi connectivity index (χ3v) is 4.59. The Kier molecular flexibility index (Phi) is 5.29. The lowest BCUT2D eigenvalue weighted by molar-refractivity contribution is -0.143. The predicted molar refractivity (Wildman–Crippen MR) is 93.0 cm³/mol. The van der Waals surface area contributed by atoms with Crippen LogP contribution in [0.1, 0.15) is 18.1 Å². The van der Waals surface area contributed by atoms with E-state index in [9.17, 15) is 27.2 Å². The minimum Gasteiger partial charge on any atom is -0.325 e. The minimum atomic E-state index is -4.46. The molecule has 2 aromatic rings. The molecule has 1 atom stereocenters. The van der Waals surface area contributed by atoms with Crippen LogP contribution >= 0.6 is 11.6 Å². The molecule has 5 nitrogen and oxygen atoms in total. The van der Waals surface area contributed by atoms with Gasteiger partial charge in [-0.25, -0.2) is 9.37 Å². The van der Waals surface area contributed by atoms with E-state index in [1.165, 1.54) is 24.0 Å². The van der Waals surface area contributed by atoms with Crippen molar-refractivity contribution in [1.82, 2.24) is 9.88 Å². The second kappa shape index (κ2) is 7.38. The van der Waals surface area contributed by atoms with Gasteiger partial charge in [0.05, 0.1) is 10.6 Å². The number of piperazine rings is 1. The van der Waals surface area contributed by atoms with Crippen LogP contribution in [0.2, 0.25) is 5.02 Å². The average Bonchev–Trinajstić information content (AvgIpc) is 2.62. The van der Waals surface area contributed by atoms with Crippen LogP contribution in [0.5, 0.6) is 0 Å². The van der Waals surface area contributed by atoms with Gasteiger partial charge in [-0.2, -0.15) is 13.2 Å². The fourth-order valence-corrected chi connectivity index (χ4v) is 3.03. The highest BCUT2D eigenvalue weighted by Gasteiger charge is 2.39. The van der Waals surface area contributed by atoms with E-state index in [0.717, 1.165) is 29.3 Å². The summed E-state index contributed by atoms with van der Waals surface area (Å²) in [6.45, 7) is 0.980. The van der Waals surface area contributed by atoms with Crippen LogP contribution in [0.25, 0.3) is 0 Å². The zero-order chi connectivity index (χ0) is 20.6. The van der Waals surface area contributed by atoms with Crippen molar-refractivity contribution in [2.75, 3.05) is 11.4 Å². The third kappa shape index (κ3) is 3.94. The predicted octanol–water partition coefficient (Wildman–Crippen LogP) is 3.66. The number of benzene rings is 1. The average molecular weight is 416 g/mol. The van der Waals surface area contributed by atoms with Crippen molar-refractivity contribution >= 4 is 29.2 Å². The molecule has 0 spiro atoms. The van der Waals surface area contributed by atoms with Crippen LogP contribution in [0, 0.1) is 5.82 Å². The van der Waals surface area contributed by atoms with Crippen LogP contribution in [0.4, 0.5) is 23.4 Å². The van der Waals surface area contributed by atoms with E-state index in [0.29, 0.717) is 5.56 Å². The van der Waals surface area contributed by atoms with Crippen LogP contribution in [0.15, 0.2) is 36.5 Å². The first-order valence-corrected chi connectivity index (χ1v) is 8.53. The maximum absolute atomic E-state index is 14.1. The van der Waals surface area contributed by atoms with Crippen LogP contribution in [0.3, 0.4) is 0 Å². The van der Waals surface area contributed by atoms with Crippen molar-refractivity contribution in [2.45, 2.75) is 25.7 Å². The molecule has 3 rings (SSSR count). The molecule has 1 saturated heterocycles. The Morgan fingerprint density at radius 1 is 1.21 bits per heavy atom. The Bertz CT molecular complexity index is 918. The van der Waals surface area contributed by atoms with Gasteiger partial charge in [-0.15, -0.1) is 0 Å². The fourth-order valence-electron chi connectivity index (χ4n) is 2.89. The number of halogens is 5. The Morgan fingerprint density at radius 2 is 1.86 bits per heavy atom. The molecule has 1 aliphatic heterocycles. The molecule has 0 saturated carbocycles. The van der Waals surface area contributed by atoms with Crippen molar-refractivity contribution in [3.63, 3.8) is 0 Å². The summed E-state index contributed by atoms with van der Waals surface area (Å²) in [6, 6.07) is 4.37. The van der Waals surface area contributed by atoms with E-state index in [4.69, 9.17) is 11.6 Å². The van der Waals surface area contributed by atoms with Gasteiger partial charge in [0.25, 0.3) is 5.91 Å². The summed E-state index contributed by atoms with van der Waals surface area (Å²) in [5.41, 5.74) is -0.369. The van der Waals surface area contributed by atoms with Gasteiger partial charge in [0.2, 0.25) is 5.91 Å². The molecule has 1 aromatic carbocycles. The number of aromatic nitrogens is 1. The number of carbonyl (C=O) groups excluding carboxylic acids is 2. The molecule has 148 valence electrons.